The van der Waals surface area contributed by atoms with E-state index in [0.717, 1.165) is 0 Å². The van der Waals surface area contributed by atoms with Gasteiger partial charge in [-0.15, -0.1) is 16.1 Å². The number of rotatable bonds is 1. The van der Waals surface area contributed by atoms with E-state index in [4.69, 9.17) is 23.4 Å². The summed E-state index contributed by atoms with van der Waals surface area (Å²) in [5.41, 5.74) is 0. The normalized spacial score (nSPS) is 11.6. The maximum Gasteiger partial charge on any atom is 0.215 e. The molecule has 0 aliphatic carbocycles. The van der Waals surface area contributed by atoms with Crippen LogP contribution in [0, 0.1) is 0 Å². The summed E-state index contributed by atoms with van der Waals surface area (Å²) >= 11 is 10.2. The second-order valence-corrected chi connectivity index (χ2v) is 1.25. The molecule has 0 unspecified atom stereocenters. The van der Waals surface area contributed by atoms with Crippen LogP contribution >= 0.6 is 23.4 Å². The minimum absolute atomic E-state index is 0.222. The van der Waals surface area contributed by atoms with Crippen molar-refractivity contribution < 1.29 is 4.74 Å². The first kappa shape index (κ1) is 7.05. The van der Waals surface area contributed by atoms with Crippen LogP contribution in [0.15, 0.2) is 4.51 Å². The van der Waals surface area contributed by atoms with Crippen molar-refractivity contribution in [2.24, 2.45) is 4.51 Å². The van der Waals surface area contributed by atoms with Gasteiger partial charge >= 0.3 is 0 Å². The van der Waals surface area contributed by atoms with E-state index in [0.29, 0.717) is 5.90 Å². The molecule has 0 atom stereocenters. The van der Waals surface area contributed by atoms with Gasteiger partial charge in [0.1, 0.15) is 0 Å². The van der Waals surface area contributed by atoms with E-state index in [1.807, 2.05) is 0 Å². The van der Waals surface area contributed by atoms with Crippen LogP contribution in [0.4, 0.5) is 0 Å². The summed E-state index contributed by atoms with van der Waals surface area (Å²) in [4.78, 5) is 0. The van der Waals surface area contributed by atoms with Crippen molar-refractivity contribution in [2.75, 3.05) is 13.0 Å². The molecule has 0 radical (unpaired) electrons. The summed E-state index contributed by atoms with van der Waals surface area (Å²) in [5, 5.41) is 0. The van der Waals surface area contributed by atoms with E-state index in [1.165, 1.54) is 7.11 Å². The zero-order valence-electron chi connectivity index (χ0n) is 3.82. The lowest BCUT2D eigenvalue weighted by atomic mass is 10.8. The average Bonchev–Trinajstić information content (AvgIpc) is 1.72. The van der Waals surface area contributed by atoms with Gasteiger partial charge in [0.05, 0.1) is 13.0 Å². The number of hydrogen-bond donors (Lipinski definition) is 0. The monoisotopic (exact) mass is 141 g/mol. The molecule has 0 N–H and O–H groups in total. The van der Waals surface area contributed by atoms with Gasteiger partial charge in [0.25, 0.3) is 0 Å². The summed E-state index contributed by atoms with van der Waals surface area (Å²) < 4.78 is 7.69. The summed E-state index contributed by atoms with van der Waals surface area (Å²) in [6.07, 6.45) is 0. The molecule has 2 nitrogen and oxygen atoms in total. The van der Waals surface area contributed by atoms with Crippen molar-refractivity contribution in [3.8, 4) is 0 Å². The topological polar surface area (TPSA) is 21.6 Å². The first-order valence-electron chi connectivity index (χ1n) is 1.63. The van der Waals surface area contributed by atoms with Crippen LogP contribution in [-0.2, 0) is 4.74 Å². The van der Waals surface area contributed by atoms with Crippen molar-refractivity contribution in [1.82, 2.24) is 0 Å². The van der Waals surface area contributed by atoms with Gasteiger partial charge in [-0.05, 0) is 0 Å². The van der Waals surface area contributed by atoms with Crippen LogP contribution < -0.4 is 0 Å². The minimum atomic E-state index is 0.222. The molecular weight excluding hydrogens is 137 g/mol. The molecule has 0 fully saturated rings. The van der Waals surface area contributed by atoms with Crippen molar-refractivity contribution in [3.63, 3.8) is 0 Å². The van der Waals surface area contributed by atoms with Crippen molar-refractivity contribution in [2.45, 2.75) is 0 Å². The molecule has 7 heavy (non-hydrogen) atoms. The fourth-order valence-electron chi connectivity index (χ4n) is 0.112. The highest BCUT2D eigenvalue weighted by molar-refractivity contribution is 6.30. The average molecular weight is 142 g/mol. The first-order valence-corrected chi connectivity index (χ1v) is 2.50. The predicted octanol–water partition coefficient (Wildman–Crippen LogP) is 1.42. The van der Waals surface area contributed by atoms with Crippen LogP contribution in [-0.4, -0.2) is 18.9 Å². The Labute approximate surface area is 52.2 Å². The van der Waals surface area contributed by atoms with E-state index in [-0.39, 0.29) is 5.88 Å². The molecule has 0 spiro atoms. The van der Waals surface area contributed by atoms with E-state index in [2.05, 4.69) is 9.25 Å². The van der Waals surface area contributed by atoms with Gasteiger partial charge in [0, 0.05) is 11.8 Å². The molecule has 4 heteroatoms. The predicted molar refractivity (Wildman–Crippen MR) is 31.0 cm³/mol. The zero-order valence-corrected chi connectivity index (χ0v) is 5.33. The largest absolute Gasteiger partial charge is 0.483 e. The third kappa shape index (κ3) is 2.71. The fourth-order valence-corrected chi connectivity index (χ4v) is 0.470. The van der Waals surface area contributed by atoms with Crippen molar-refractivity contribution in [1.29, 1.82) is 0 Å². The number of nitrogens with zero attached hydrogens (tertiary/aromatic N) is 1. The van der Waals surface area contributed by atoms with E-state index in [9.17, 15) is 0 Å². The SMILES string of the molecule is CO/C(CCl)=N/Cl. The van der Waals surface area contributed by atoms with Crippen LogP contribution in [0.2, 0.25) is 0 Å². The first-order chi connectivity index (χ1) is 3.35. The fraction of sp³-hybridized carbons (Fsp3) is 0.667. The molecule has 0 aliphatic rings. The third-order valence-electron chi connectivity index (χ3n) is 0.444. The van der Waals surface area contributed by atoms with Crippen molar-refractivity contribution in [3.05, 3.63) is 0 Å². The standard InChI is InChI=1S/C3H5Cl2NO/c1-7-3(2-4)6-5/h2H2,1H3/b6-3+. The smallest absolute Gasteiger partial charge is 0.215 e. The molecule has 0 saturated heterocycles. The van der Waals surface area contributed by atoms with Gasteiger partial charge in [-0.25, -0.2) is 0 Å². The number of methoxy groups -OCH3 is 1. The molecular formula is C3H5Cl2NO. The highest BCUT2D eigenvalue weighted by atomic mass is 35.5. The molecule has 0 saturated carbocycles. The molecule has 0 aromatic heterocycles. The molecule has 0 aliphatic heterocycles. The second kappa shape index (κ2) is 4.22. The van der Waals surface area contributed by atoms with Crippen LogP contribution in [0.1, 0.15) is 0 Å². The van der Waals surface area contributed by atoms with E-state index >= 15 is 0 Å². The van der Waals surface area contributed by atoms with Gasteiger partial charge in [-0.2, -0.15) is 0 Å². The van der Waals surface area contributed by atoms with Crippen molar-refractivity contribution >= 4 is 29.3 Å². The van der Waals surface area contributed by atoms with Gasteiger partial charge in [0.2, 0.25) is 5.90 Å². The van der Waals surface area contributed by atoms with Gasteiger partial charge in [-0.3, -0.25) is 0 Å². The molecule has 0 bridgehead atoms. The Bertz CT molecular complexity index is 67.3. The Morgan fingerprint density at radius 1 is 1.86 bits per heavy atom. The second-order valence-electron chi connectivity index (χ2n) is 0.816. The number of halogens is 2. The minimum Gasteiger partial charge on any atom is -0.483 e. The van der Waals surface area contributed by atoms with Gasteiger partial charge < -0.3 is 4.74 Å². The molecule has 0 aromatic rings. The Balaban J connectivity index is 3.38. The summed E-state index contributed by atoms with van der Waals surface area (Å²) in [6.45, 7) is 0. The molecule has 0 rings (SSSR count). The summed E-state index contributed by atoms with van der Waals surface area (Å²) in [5.74, 6) is 0.559. The molecule has 42 valence electrons. The van der Waals surface area contributed by atoms with Gasteiger partial charge in [0.15, 0.2) is 0 Å². The van der Waals surface area contributed by atoms with E-state index in [1.54, 1.807) is 0 Å². The Kier molecular flexibility index (Phi) is 4.25. The summed E-state index contributed by atoms with van der Waals surface area (Å²) in [7, 11) is 1.46. The summed E-state index contributed by atoms with van der Waals surface area (Å²) in [6, 6.07) is 0. The van der Waals surface area contributed by atoms with Crippen LogP contribution in [0.3, 0.4) is 0 Å². The highest BCUT2D eigenvalue weighted by Gasteiger charge is 1.89. The quantitative estimate of drug-likeness (QED) is 0.308. The Hall–Kier alpha value is 0.0500. The maximum atomic E-state index is 5.23. The third-order valence-corrected chi connectivity index (χ3v) is 0.861. The molecule has 0 amide bonds. The Morgan fingerprint density at radius 3 is 2.43 bits per heavy atom. The molecule has 0 heterocycles. The lowest BCUT2D eigenvalue weighted by Gasteiger charge is -1.92. The lowest BCUT2D eigenvalue weighted by Crippen LogP contribution is -1.99. The zero-order chi connectivity index (χ0) is 5.70. The number of ether oxygens (including phenoxy) is 1. The lowest BCUT2D eigenvalue weighted by molar-refractivity contribution is 0.402. The Morgan fingerprint density at radius 2 is 2.43 bits per heavy atom. The van der Waals surface area contributed by atoms with E-state index < -0.39 is 0 Å². The van der Waals surface area contributed by atoms with Crippen LogP contribution in [0.25, 0.3) is 0 Å². The maximum absolute atomic E-state index is 5.23. The molecule has 0 aromatic carbocycles. The number of alkyl halides is 1. The van der Waals surface area contributed by atoms with Gasteiger partial charge in [-0.1, -0.05) is 0 Å². The van der Waals surface area contributed by atoms with Crippen LogP contribution in [0.5, 0.6) is 0 Å². The number of hydrogen-bond acceptors (Lipinski definition) is 2. The highest BCUT2D eigenvalue weighted by Crippen LogP contribution is 1.86.